The van der Waals surface area contributed by atoms with Gasteiger partial charge in [0.05, 0.1) is 5.41 Å². The molecule has 0 saturated heterocycles. The molecule has 1 fully saturated rings. The predicted octanol–water partition coefficient (Wildman–Crippen LogP) is 1.11. The fourth-order valence-corrected chi connectivity index (χ4v) is 2.24. The molecule has 5 nitrogen and oxygen atoms in total. The number of benzene rings is 1. The minimum absolute atomic E-state index is 0.0195. The van der Waals surface area contributed by atoms with E-state index in [1.165, 1.54) is 0 Å². The maximum absolute atomic E-state index is 12.2. The van der Waals surface area contributed by atoms with Crippen molar-refractivity contribution in [3.8, 4) is 0 Å². The highest BCUT2D eigenvalue weighted by atomic mass is 16.2. The average molecular weight is 261 g/mol. The summed E-state index contributed by atoms with van der Waals surface area (Å²) >= 11 is 0. The van der Waals surface area contributed by atoms with Crippen LogP contribution in [0.2, 0.25) is 0 Å². The van der Waals surface area contributed by atoms with Crippen molar-refractivity contribution < 1.29 is 9.59 Å². The summed E-state index contributed by atoms with van der Waals surface area (Å²) < 4.78 is 0. The molecule has 19 heavy (non-hydrogen) atoms. The lowest BCUT2D eigenvalue weighted by atomic mass is 9.68. The first kappa shape index (κ1) is 13.5. The highest BCUT2D eigenvalue weighted by Gasteiger charge is 2.42. The fraction of sp³-hybridized carbons (Fsp3) is 0.429. The molecule has 0 aliphatic heterocycles. The second-order valence-corrected chi connectivity index (χ2v) is 4.95. The SMILES string of the molecule is CNC(=O)c1ccc(NC(=O)C2(CN)CCC2)cc1. The summed E-state index contributed by atoms with van der Waals surface area (Å²) in [5, 5.41) is 5.42. The highest BCUT2D eigenvalue weighted by molar-refractivity contribution is 5.97. The molecule has 1 aromatic carbocycles. The second-order valence-electron chi connectivity index (χ2n) is 4.95. The lowest BCUT2D eigenvalue weighted by Crippen LogP contribution is -2.47. The quantitative estimate of drug-likeness (QED) is 0.759. The van der Waals surface area contributed by atoms with E-state index < -0.39 is 0 Å². The molecule has 0 spiro atoms. The van der Waals surface area contributed by atoms with E-state index in [9.17, 15) is 9.59 Å². The molecule has 1 aliphatic carbocycles. The zero-order valence-electron chi connectivity index (χ0n) is 11.0. The van der Waals surface area contributed by atoms with Gasteiger partial charge in [-0.2, -0.15) is 0 Å². The molecule has 0 unspecified atom stereocenters. The van der Waals surface area contributed by atoms with Crippen LogP contribution in [-0.4, -0.2) is 25.4 Å². The van der Waals surface area contributed by atoms with Crippen LogP contribution in [0.4, 0.5) is 5.69 Å². The lowest BCUT2D eigenvalue weighted by molar-refractivity contribution is -0.129. The van der Waals surface area contributed by atoms with E-state index in [0.29, 0.717) is 17.8 Å². The first-order chi connectivity index (χ1) is 9.11. The van der Waals surface area contributed by atoms with Gasteiger partial charge in [0.1, 0.15) is 0 Å². The van der Waals surface area contributed by atoms with Gasteiger partial charge in [0.25, 0.3) is 5.91 Å². The van der Waals surface area contributed by atoms with E-state index in [1.54, 1.807) is 31.3 Å². The van der Waals surface area contributed by atoms with Crippen LogP contribution < -0.4 is 16.4 Å². The summed E-state index contributed by atoms with van der Waals surface area (Å²) in [6.07, 6.45) is 2.76. The van der Waals surface area contributed by atoms with Crippen LogP contribution in [0.15, 0.2) is 24.3 Å². The van der Waals surface area contributed by atoms with E-state index in [0.717, 1.165) is 19.3 Å². The smallest absolute Gasteiger partial charge is 0.251 e. The Labute approximate surface area is 112 Å². The van der Waals surface area contributed by atoms with Crippen LogP contribution in [0.1, 0.15) is 29.6 Å². The molecule has 0 aromatic heterocycles. The van der Waals surface area contributed by atoms with Gasteiger partial charge >= 0.3 is 0 Å². The molecule has 1 aromatic rings. The second kappa shape index (κ2) is 5.40. The summed E-state index contributed by atoms with van der Waals surface area (Å²) in [7, 11) is 1.58. The third kappa shape index (κ3) is 2.61. The van der Waals surface area contributed by atoms with Crippen molar-refractivity contribution in [2.75, 3.05) is 18.9 Å². The van der Waals surface area contributed by atoms with Crippen molar-refractivity contribution in [3.63, 3.8) is 0 Å². The lowest BCUT2D eigenvalue weighted by Gasteiger charge is -2.39. The molecule has 1 aliphatic rings. The summed E-state index contributed by atoms with van der Waals surface area (Å²) in [5.74, 6) is -0.163. The maximum atomic E-state index is 12.2. The first-order valence-corrected chi connectivity index (χ1v) is 6.45. The topological polar surface area (TPSA) is 84.2 Å². The van der Waals surface area contributed by atoms with Crippen molar-refractivity contribution in [2.45, 2.75) is 19.3 Å². The molecule has 0 heterocycles. The van der Waals surface area contributed by atoms with Crippen molar-refractivity contribution >= 4 is 17.5 Å². The highest BCUT2D eigenvalue weighted by Crippen LogP contribution is 2.40. The number of amides is 2. The van der Waals surface area contributed by atoms with Crippen molar-refractivity contribution in [1.82, 2.24) is 5.32 Å². The number of anilines is 1. The number of rotatable bonds is 4. The summed E-state index contributed by atoms with van der Waals surface area (Å²) in [5.41, 5.74) is 6.56. The maximum Gasteiger partial charge on any atom is 0.251 e. The summed E-state index contributed by atoms with van der Waals surface area (Å²) in [4.78, 5) is 23.5. The van der Waals surface area contributed by atoms with Gasteiger partial charge in [-0.1, -0.05) is 6.42 Å². The molecular weight excluding hydrogens is 242 g/mol. The third-order valence-corrected chi connectivity index (χ3v) is 3.82. The van der Waals surface area contributed by atoms with Gasteiger partial charge in [0.15, 0.2) is 0 Å². The number of nitrogens with one attached hydrogen (secondary N) is 2. The van der Waals surface area contributed by atoms with Gasteiger partial charge in [-0.15, -0.1) is 0 Å². The molecule has 0 bridgehead atoms. The molecule has 4 N–H and O–H groups in total. The van der Waals surface area contributed by atoms with Gasteiger partial charge in [-0.25, -0.2) is 0 Å². The molecule has 102 valence electrons. The Morgan fingerprint density at radius 3 is 2.32 bits per heavy atom. The van der Waals surface area contributed by atoms with Crippen LogP contribution in [0, 0.1) is 5.41 Å². The van der Waals surface area contributed by atoms with Crippen molar-refractivity contribution in [1.29, 1.82) is 0 Å². The van der Waals surface area contributed by atoms with E-state index in [4.69, 9.17) is 5.73 Å². The Bertz CT molecular complexity index is 472. The summed E-state index contributed by atoms with van der Waals surface area (Å²) in [6, 6.07) is 6.82. The Morgan fingerprint density at radius 1 is 1.26 bits per heavy atom. The van der Waals surface area contributed by atoms with E-state index in [-0.39, 0.29) is 17.2 Å². The Morgan fingerprint density at radius 2 is 1.89 bits per heavy atom. The molecule has 2 amide bonds. The van der Waals surface area contributed by atoms with E-state index in [1.807, 2.05) is 0 Å². The first-order valence-electron chi connectivity index (χ1n) is 6.45. The van der Waals surface area contributed by atoms with Crippen LogP contribution >= 0.6 is 0 Å². The van der Waals surface area contributed by atoms with Crippen LogP contribution in [-0.2, 0) is 4.79 Å². The minimum atomic E-state index is -0.389. The van der Waals surface area contributed by atoms with Crippen molar-refractivity contribution in [2.24, 2.45) is 11.1 Å². The number of carbonyl (C=O) groups excluding carboxylic acids is 2. The molecule has 0 radical (unpaired) electrons. The molecular formula is C14H19N3O2. The zero-order valence-corrected chi connectivity index (χ0v) is 11.0. The van der Waals surface area contributed by atoms with Crippen LogP contribution in [0.25, 0.3) is 0 Å². The van der Waals surface area contributed by atoms with Gasteiger partial charge in [-0.05, 0) is 37.1 Å². The molecule has 2 rings (SSSR count). The number of nitrogens with two attached hydrogens (primary N) is 1. The van der Waals surface area contributed by atoms with Gasteiger partial charge in [0, 0.05) is 24.8 Å². The third-order valence-electron chi connectivity index (χ3n) is 3.82. The monoisotopic (exact) mass is 261 g/mol. The standard InChI is InChI=1S/C14H19N3O2/c1-16-12(18)10-3-5-11(6-4-10)17-13(19)14(9-15)7-2-8-14/h3-6H,2,7-9,15H2,1H3,(H,16,18)(H,17,19). The molecule has 1 saturated carbocycles. The number of hydrogen-bond donors (Lipinski definition) is 3. The van der Waals surface area contributed by atoms with Crippen LogP contribution in [0.5, 0.6) is 0 Å². The minimum Gasteiger partial charge on any atom is -0.355 e. The Balaban J connectivity index is 2.03. The largest absolute Gasteiger partial charge is 0.355 e. The number of carbonyl (C=O) groups is 2. The molecule has 0 atom stereocenters. The van der Waals surface area contributed by atoms with Crippen LogP contribution in [0.3, 0.4) is 0 Å². The van der Waals surface area contributed by atoms with Gasteiger partial charge in [0.2, 0.25) is 5.91 Å². The van der Waals surface area contributed by atoms with Crippen molar-refractivity contribution in [3.05, 3.63) is 29.8 Å². The predicted molar refractivity (Wildman–Crippen MR) is 73.8 cm³/mol. The van der Waals surface area contributed by atoms with Gasteiger partial charge in [-0.3, -0.25) is 9.59 Å². The Kier molecular flexibility index (Phi) is 3.85. The van der Waals surface area contributed by atoms with E-state index in [2.05, 4.69) is 10.6 Å². The number of hydrogen-bond acceptors (Lipinski definition) is 3. The van der Waals surface area contributed by atoms with E-state index >= 15 is 0 Å². The normalized spacial score (nSPS) is 16.3. The van der Waals surface area contributed by atoms with Gasteiger partial charge < -0.3 is 16.4 Å². The zero-order chi connectivity index (χ0) is 13.9. The Hall–Kier alpha value is -1.88. The molecule has 5 heteroatoms. The summed E-state index contributed by atoms with van der Waals surface area (Å²) in [6.45, 7) is 0.384. The fourth-order valence-electron chi connectivity index (χ4n) is 2.24. The average Bonchev–Trinajstić information content (AvgIpc) is 2.38.